The van der Waals surface area contributed by atoms with Crippen LogP contribution in [0.4, 0.5) is 0 Å². The summed E-state index contributed by atoms with van der Waals surface area (Å²) < 4.78 is 16.1. The van der Waals surface area contributed by atoms with Crippen molar-refractivity contribution in [3.63, 3.8) is 0 Å². The van der Waals surface area contributed by atoms with Crippen molar-refractivity contribution in [3.05, 3.63) is 59.7 Å². The van der Waals surface area contributed by atoms with Crippen molar-refractivity contribution < 1.29 is 23.8 Å². The monoisotopic (exact) mass is 414 g/mol. The Labute approximate surface area is 177 Å². The van der Waals surface area contributed by atoms with E-state index in [4.69, 9.17) is 14.2 Å². The number of ether oxygens (including phenoxy) is 3. The Morgan fingerprint density at radius 2 is 1.66 bits per heavy atom. The van der Waals surface area contributed by atoms with Crippen molar-refractivity contribution >= 4 is 30.5 Å². The number of carbonyl (C=O) groups excluding carboxylic acids is 2. The molecule has 0 radical (unpaired) electrons. The molecule has 0 aromatic heterocycles. The third-order valence-electron chi connectivity index (χ3n) is 3.98. The Balaban J connectivity index is 2.05. The first-order valence-corrected chi connectivity index (χ1v) is 9.66. The molecule has 2 aromatic rings. The van der Waals surface area contributed by atoms with Crippen LogP contribution in [0.15, 0.2) is 53.4 Å². The Kier molecular flexibility index (Phi) is 7.51. The lowest BCUT2D eigenvalue weighted by Gasteiger charge is -2.25. The van der Waals surface area contributed by atoms with E-state index in [-0.39, 0.29) is 11.9 Å². The molecule has 0 fully saturated rings. The minimum absolute atomic E-state index is 0.157. The van der Waals surface area contributed by atoms with Crippen LogP contribution in [0.25, 0.3) is 6.08 Å². The van der Waals surface area contributed by atoms with Crippen LogP contribution in [0.3, 0.4) is 0 Å². The van der Waals surface area contributed by atoms with Crippen LogP contribution in [0.1, 0.15) is 43.6 Å². The van der Waals surface area contributed by atoms with Gasteiger partial charge in [-0.1, -0.05) is 18.2 Å². The van der Waals surface area contributed by atoms with E-state index in [1.165, 1.54) is 6.08 Å². The molecule has 0 aliphatic carbocycles. The average molecular weight is 415 g/mol. The summed E-state index contributed by atoms with van der Waals surface area (Å²) in [4.78, 5) is 25.1. The van der Waals surface area contributed by atoms with Crippen molar-refractivity contribution in [1.29, 1.82) is 0 Å². The predicted molar refractivity (Wildman–Crippen MR) is 116 cm³/mol. The lowest BCUT2D eigenvalue weighted by molar-refractivity contribution is -0.163. The van der Waals surface area contributed by atoms with Gasteiger partial charge in [0, 0.05) is 10.5 Å². The summed E-state index contributed by atoms with van der Waals surface area (Å²) in [5, 5.41) is 0. The van der Waals surface area contributed by atoms with Crippen LogP contribution < -0.4 is 9.47 Å². The van der Waals surface area contributed by atoms with Crippen LogP contribution in [-0.2, 0) is 9.53 Å². The fourth-order valence-corrected chi connectivity index (χ4v) is 2.76. The highest BCUT2D eigenvalue weighted by Crippen LogP contribution is 2.23. The van der Waals surface area contributed by atoms with E-state index in [1.807, 2.05) is 0 Å². The maximum Gasteiger partial charge on any atom is 0.350 e. The zero-order valence-electron chi connectivity index (χ0n) is 17.3. The number of allylic oxidation sites excluding steroid dienone is 1. The van der Waals surface area contributed by atoms with Gasteiger partial charge < -0.3 is 14.2 Å². The molecule has 0 aliphatic heterocycles. The maximum absolute atomic E-state index is 12.4. The number of benzene rings is 2. The third-order valence-corrected chi connectivity index (χ3v) is 4.35. The molecule has 0 amide bonds. The van der Waals surface area contributed by atoms with Gasteiger partial charge in [-0.25, -0.2) is 4.79 Å². The molecule has 0 spiro atoms. The molecule has 5 nitrogen and oxygen atoms in total. The van der Waals surface area contributed by atoms with Crippen molar-refractivity contribution in [2.24, 2.45) is 0 Å². The number of rotatable bonds is 8. The smallest absolute Gasteiger partial charge is 0.350 e. The first-order chi connectivity index (χ1) is 13.6. The zero-order chi connectivity index (χ0) is 21.6. The quantitative estimate of drug-likeness (QED) is 0.285. The van der Waals surface area contributed by atoms with Crippen molar-refractivity contribution in [2.75, 3.05) is 7.11 Å². The van der Waals surface area contributed by atoms with Gasteiger partial charge in [-0.05, 0) is 69.7 Å². The summed E-state index contributed by atoms with van der Waals surface area (Å²) in [5.74, 6) is 0.595. The molecule has 0 unspecified atom stereocenters. The second-order valence-electron chi connectivity index (χ2n) is 7.22. The topological polar surface area (TPSA) is 61.8 Å². The normalized spacial score (nSPS) is 11.6. The lowest BCUT2D eigenvalue weighted by atomic mass is 10.1. The van der Waals surface area contributed by atoms with Crippen LogP contribution in [0, 0.1) is 0 Å². The Bertz CT molecular complexity index is 898. The Morgan fingerprint density at radius 1 is 1.03 bits per heavy atom. The molecule has 0 heterocycles. The highest BCUT2D eigenvalue weighted by Gasteiger charge is 2.32. The number of carbonyl (C=O) groups is 2. The van der Waals surface area contributed by atoms with E-state index in [0.29, 0.717) is 22.0 Å². The van der Waals surface area contributed by atoms with Gasteiger partial charge in [-0.15, -0.1) is 12.6 Å². The molecule has 6 heteroatoms. The fourth-order valence-electron chi connectivity index (χ4n) is 2.45. The number of hydrogen-bond acceptors (Lipinski definition) is 6. The number of ketones is 1. The molecule has 0 aliphatic rings. The number of hydrogen-bond donors (Lipinski definition) is 1. The number of methoxy groups -OCH3 is 1. The molecule has 0 saturated carbocycles. The molecule has 29 heavy (non-hydrogen) atoms. The molecule has 154 valence electrons. The molecular formula is C23H26O5S. The van der Waals surface area contributed by atoms with E-state index >= 15 is 0 Å². The van der Waals surface area contributed by atoms with Gasteiger partial charge in [0.25, 0.3) is 0 Å². The molecule has 0 bridgehead atoms. The summed E-state index contributed by atoms with van der Waals surface area (Å²) in [5.41, 5.74) is 0.216. The van der Waals surface area contributed by atoms with Gasteiger partial charge in [0.2, 0.25) is 0 Å². The summed E-state index contributed by atoms with van der Waals surface area (Å²) in [6.07, 6.45) is 2.99. The second-order valence-corrected chi connectivity index (χ2v) is 7.70. The summed E-state index contributed by atoms with van der Waals surface area (Å²) >= 11 is 4.34. The van der Waals surface area contributed by atoms with Crippen LogP contribution in [0.5, 0.6) is 11.5 Å². The minimum atomic E-state index is -1.10. The van der Waals surface area contributed by atoms with Gasteiger partial charge in [0.05, 0.1) is 13.2 Å². The van der Waals surface area contributed by atoms with Crippen LogP contribution >= 0.6 is 12.6 Å². The predicted octanol–water partition coefficient (Wildman–Crippen LogP) is 4.99. The van der Waals surface area contributed by atoms with E-state index < -0.39 is 11.6 Å². The van der Waals surface area contributed by atoms with E-state index in [2.05, 4.69) is 12.6 Å². The zero-order valence-corrected chi connectivity index (χ0v) is 18.2. The van der Waals surface area contributed by atoms with Crippen molar-refractivity contribution in [3.8, 4) is 11.5 Å². The highest BCUT2D eigenvalue weighted by atomic mass is 32.1. The maximum atomic E-state index is 12.4. The molecular weight excluding hydrogens is 388 g/mol. The summed E-state index contributed by atoms with van der Waals surface area (Å²) in [7, 11) is 1.56. The number of esters is 1. The number of thiol groups is 1. The Hall–Kier alpha value is -2.73. The molecule has 0 saturated heterocycles. The van der Waals surface area contributed by atoms with Crippen LogP contribution in [-0.4, -0.2) is 30.6 Å². The molecule has 2 rings (SSSR count). The van der Waals surface area contributed by atoms with E-state index in [9.17, 15) is 9.59 Å². The molecule has 0 N–H and O–H groups in total. The van der Waals surface area contributed by atoms with E-state index in [0.717, 1.165) is 5.56 Å². The van der Waals surface area contributed by atoms with Gasteiger partial charge in [0.15, 0.2) is 11.4 Å². The minimum Gasteiger partial charge on any atom is -0.497 e. The SMILES string of the molecule is COc1ccc(C(=O)/C=C/c2ccc(OC(C)(C)C(=O)OC(C)C)cc2)c(S)c1. The summed E-state index contributed by atoms with van der Waals surface area (Å²) in [6.45, 7) is 6.90. The first kappa shape index (κ1) is 22.6. The third kappa shape index (κ3) is 6.39. The molecule has 2 aromatic carbocycles. The summed E-state index contributed by atoms with van der Waals surface area (Å²) in [6, 6.07) is 12.2. The first-order valence-electron chi connectivity index (χ1n) is 9.22. The fraction of sp³-hybridized carbons (Fsp3) is 0.304. The standard InChI is InChI=1S/C23H26O5S/c1-15(2)27-22(25)23(3,4)28-17-9-6-16(7-10-17)8-13-20(24)19-12-11-18(26-5)14-21(19)29/h6-15,29H,1-5H3/b13-8+. The van der Waals surface area contributed by atoms with E-state index in [1.54, 1.807) is 83.3 Å². The Morgan fingerprint density at radius 3 is 2.21 bits per heavy atom. The molecule has 0 atom stereocenters. The highest BCUT2D eigenvalue weighted by molar-refractivity contribution is 7.80. The van der Waals surface area contributed by atoms with Gasteiger partial charge >= 0.3 is 5.97 Å². The lowest BCUT2D eigenvalue weighted by Crippen LogP contribution is -2.40. The average Bonchev–Trinajstić information content (AvgIpc) is 2.66. The van der Waals surface area contributed by atoms with Crippen molar-refractivity contribution in [2.45, 2.75) is 44.3 Å². The largest absolute Gasteiger partial charge is 0.497 e. The second kappa shape index (κ2) is 9.65. The van der Waals surface area contributed by atoms with Gasteiger partial charge in [-0.2, -0.15) is 0 Å². The van der Waals surface area contributed by atoms with Crippen LogP contribution in [0.2, 0.25) is 0 Å². The van der Waals surface area contributed by atoms with Gasteiger partial charge in [0.1, 0.15) is 11.5 Å². The van der Waals surface area contributed by atoms with Crippen molar-refractivity contribution in [1.82, 2.24) is 0 Å². The van der Waals surface area contributed by atoms with Gasteiger partial charge in [-0.3, -0.25) is 4.79 Å².